The van der Waals surface area contributed by atoms with Crippen molar-refractivity contribution >= 4 is 23.2 Å². The van der Waals surface area contributed by atoms with E-state index in [1.54, 1.807) is 26.4 Å². The van der Waals surface area contributed by atoms with Crippen molar-refractivity contribution in [3.63, 3.8) is 0 Å². The van der Waals surface area contributed by atoms with Crippen LogP contribution in [0, 0.1) is 6.92 Å². The maximum Gasteiger partial charge on any atom is 0.238 e. The van der Waals surface area contributed by atoms with E-state index in [4.69, 9.17) is 21.1 Å². The summed E-state index contributed by atoms with van der Waals surface area (Å²) in [7, 11) is 5.11. The summed E-state index contributed by atoms with van der Waals surface area (Å²) in [6.45, 7) is 2.76. The molecule has 0 aliphatic carbocycles. The van der Waals surface area contributed by atoms with Crippen molar-refractivity contribution in [2.24, 2.45) is 0 Å². The van der Waals surface area contributed by atoms with Crippen LogP contribution in [-0.4, -0.2) is 38.6 Å². The first kappa shape index (κ1) is 19.1. The van der Waals surface area contributed by atoms with Gasteiger partial charge in [-0.2, -0.15) is 0 Å². The zero-order chi connectivity index (χ0) is 18.4. The summed E-state index contributed by atoms with van der Waals surface area (Å²) in [6.07, 6.45) is 0. The van der Waals surface area contributed by atoms with E-state index in [-0.39, 0.29) is 12.5 Å². The topological polar surface area (TPSA) is 50.8 Å². The highest BCUT2D eigenvalue weighted by Gasteiger charge is 2.12. The van der Waals surface area contributed by atoms with E-state index in [0.717, 1.165) is 28.3 Å². The van der Waals surface area contributed by atoms with Crippen LogP contribution in [-0.2, 0) is 11.3 Å². The van der Waals surface area contributed by atoms with Crippen LogP contribution in [0.2, 0.25) is 5.02 Å². The van der Waals surface area contributed by atoms with E-state index < -0.39 is 0 Å². The maximum atomic E-state index is 12.3. The molecule has 0 fully saturated rings. The third kappa shape index (κ3) is 5.37. The van der Waals surface area contributed by atoms with Gasteiger partial charge in [0.25, 0.3) is 0 Å². The molecule has 2 aromatic rings. The quantitative estimate of drug-likeness (QED) is 0.815. The van der Waals surface area contributed by atoms with Crippen LogP contribution in [0.3, 0.4) is 0 Å². The fourth-order valence-corrected chi connectivity index (χ4v) is 2.67. The summed E-state index contributed by atoms with van der Waals surface area (Å²) in [6, 6.07) is 11.1. The number of hydrogen-bond acceptors (Lipinski definition) is 4. The lowest BCUT2D eigenvalue weighted by atomic mass is 10.1. The van der Waals surface area contributed by atoms with E-state index in [1.807, 2.05) is 43.1 Å². The number of aryl methyl sites for hydroxylation is 1. The van der Waals surface area contributed by atoms with E-state index in [0.29, 0.717) is 11.6 Å². The minimum Gasteiger partial charge on any atom is -0.497 e. The normalized spacial score (nSPS) is 10.6. The molecule has 0 atom stereocenters. The van der Waals surface area contributed by atoms with Crippen molar-refractivity contribution in [1.29, 1.82) is 0 Å². The van der Waals surface area contributed by atoms with Gasteiger partial charge in [0, 0.05) is 28.9 Å². The molecule has 5 nitrogen and oxygen atoms in total. The molecule has 1 amide bonds. The van der Waals surface area contributed by atoms with Crippen molar-refractivity contribution in [2.75, 3.05) is 33.1 Å². The molecular formula is C19H23ClN2O3. The van der Waals surface area contributed by atoms with Crippen LogP contribution in [0.4, 0.5) is 5.69 Å². The largest absolute Gasteiger partial charge is 0.497 e. The average molecular weight is 363 g/mol. The number of carbonyl (C=O) groups is 1. The van der Waals surface area contributed by atoms with Crippen LogP contribution in [0.15, 0.2) is 36.4 Å². The van der Waals surface area contributed by atoms with E-state index in [9.17, 15) is 4.79 Å². The Balaban J connectivity index is 1.99. The predicted octanol–water partition coefficient (Wildman–Crippen LogP) is 3.74. The van der Waals surface area contributed by atoms with Gasteiger partial charge in [0.05, 0.1) is 20.8 Å². The van der Waals surface area contributed by atoms with Crippen LogP contribution < -0.4 is 14.8 Å². The van der Waals surface area contributed by atoms with Gasteiger partial charge in [-0.1, -0.05) is 23.7 Å². The number of methoxy groups -OCH3 is 2. The predicted molar refractivity (Wildman–Crippen MR) is 101 cm³/mol. The first-order valence-corrected chi connectivity index (χ1v) is 8.26. The zero-order valence-electron chi connectivity index (χ0n) is 14.9. The fraction of sp³-hybridized carbons (Fsp3) is 0.316. The number of nitrogens with one attached hydrogen (secondary N) is 1. The minimum absolute atomic E-state index is 0.0969. The lowest BCUT2D eigenvalue weighted by molar-refractivity contribution is -0.117. The standard InChI is InChI=1S/C19H23ClN2O3/c1-13-5-7-15(20)9-17(13)21-19(23)12-22(2)11-14-6-8-16(24-3)10-18(14)25-4/h5-10H,11-12H2,1-4H3,(H,21,23). The SMILES string of the molecule is COc1ccc(CN(C)CC(=O)Nc2cc(Cl)ccc2C)c(OC)c1. The Morgan fingerprint density at radius 3 is 2.60 bits per heavy atom. The van der Waals surface area contributed by atoms with Crippen molar-refractivity contribution in [2.45, 2.75) is 13.5 Å². The van der Waals surface area contributed by atoms with Gasteiger partial charge in [0.1, 0.15) is 11.5 Å². The van der Waals surface area contributed by atoms with Crippen LogP contribution in [0.25, 0.3) is 0 Å². The third-order valence-electron chi connectivity index (χ3n) is 3.82. The van der Waals surface area contributed by atoms with Gasteiger partial charge < -0.3 is 14.8 Å². The summed E-state index contributed by atoms with van der Waals surface area (Å²) >= 11 is 5.99. The van der Waals surface area contributed by atoms with Crippen LogP contribution in [0.5, 0.6) is 11.5 Å². The molecule has 0 heterocycles. The minimum atomic E-state index is -0.0969. The highest BCUT2D eigenvalue weighted by Crippen LogP contribution is 2.25. The zero-order valence-corrected chi connectivity index (χ0v) is 15.7. The number of rotatable bonds is 7. The molecule has 0 aromatic heterocycles. The molecule has 0 aliphatic heterocycles. The Hall–Kier alpha value is -2.24. The average Bonchev–Trinajstić information content (AvgIpc) is 2.58. The number of likely N-dealkylation sites (N-methyl/N-ethyl adjacent to an activating group) is 1. The molecule has 0 spiro atoms. The summed E-state index contributed by atoms with van der Waals surface area (Å²) in [5.74, 6) is 1.37. The Bertz CT molecular complexity index is 749. The number of nitrogens with zero attached hydrogens (tertiary/aromatic N) is 1. The molecule has 1 N–H and O–H groups in total. The molecular weight excluding hydrogens is 340 g/mol. The lowest BCUT2D eigenvalue weighted by Crippen LogP contribution is -2.30. The first-order chi connectivity index (χ1) is 11.9. The Morgan fingerprint density at radius 2 is 1.92 bits per heavy atom. The molecule has 25 heavy (non-hydrogen) atoms. The number of hydrogen-bond donors (Lipinski definition) is 1. The summed E-state index contributed by atoms with van der Waals surface area (Å²) < 4.78 is 10.6. The van der Waals surface area contributed by atoms with Gasteiger partial charge in [0.2, 0.25) is 5.91 Å². The van der Waals surface area contributed by atoms with Gasteiger partial charge in [-0.15, -0.1) is 0 Å². The van der Waals surface area contributed by atoms with Crippen molar-refractivity contribution in [3.8, 4) is 11.5 Å². The second-order valence-corrected chi connectivity index (χ2v) is 6.29. The monoisotopic (exact) mass is 362 g/mol. The summed E-state index contributed by atoms with van der Waals surface area (Å²) in [5.41, 5.74) is 2.68. The van der Waals surface area contributed by atoms with Crippen molar-refractivity contribution in [1.82, 2.24) is 4.90 Å². The highest BCUT2D eigenvalue weighted by atomic mass is 35.5. The number of carbonyl (C=O) groups excluding carboxylic acids is 1. The highest BCUT2D eigenvalue weighted by molar-refractivity contribution is 6.31. The molecule has 0 saturated heterocycles. The second kappa shape index (κ2) is 8.74. The number of halogens is 1. The second-order valence-electron chi connectivity index (χ2n) is 5.86. The van der Waals surface area contributed by atoms with Gasteiger partial charge in [-0.05, 0) is 37.7 Å². The smallest absolute Gasteiger partial charge is 0.238 e. The molecule has 0 unspecified atom stereocenters. The van der Waals surface area contributed by atoms with Crippen molar-refractivity contribution < 1.29 is 14.3 Å². The molecule has 0 aliphatic rings. The number of anilines is 1. The van der Waals surface area contributed by atoms with E-state index in [2.05, 4.69) is 5.32 Å². The van der Waals surface area contributed by atoms with Crippen LogP contribution >= 0.6 is 11.6 Å². The van der Waals surface area contributed by atoms with Gasteiger partial charge in [0.15, 0.2) is 0 Å². The Kier molecular flexibility index (Phi) is 6.67. The summed E-state index contributed by atoms with van der Waals surface area (Å²) in [5, 5.41) is 3.49. The molecule has 0 radical (unpaired) electrons. The summed E-state index contributed by atoms with van der Waals surface area (Å²) in [4.78, 5) is 14.2. The van der Waals surface area contributed by atoms with Gasteiger partial charge in [-0.3, -0.25) is 9.69 Å². The fourth-order valence-electron chi connectivity index (χ4n) is 2.49. The van der Waals surface area contributed by atoms with Gasteiger partial charge >= 0.3 is 0 Å². The van der Waals surface area contributed by atoms with E-state index >= 15 is 0 Å². The molecule has 0 saturated carbocycles. The van der Waals surface area contributed by atoms with Gasteiger partial charge in [-0.25, -0.2) is 0 Å². The number of benzene rings is 2. The molecule has 2 rings (SSSR count). The first-order valence-electron chi connectivity index (χ1n) is 7.88. The molecule has 134 valence electrons. The van der Waals surface area contributed by atoms with E-state index in [1.165, 1.54) is 0 Å². The Morgan fingerprint density at radius 1 is 1.16 bits per heavy atom. The maximum absolute atomic E-state index is 12.3. The Labute approximate surface area is 153 Å². The van der Waals surface area contributed by atoms with Crippen molar-refractivity contribution in [3.05, 3.63) is 52.5 Å². The number of ether oxygens (including phenoxy) is 2. The molecule has 6 heteroatoms. The molecule has 0 bridgehead atoms. The lowest BCUT2D eigenvalue weighted by Gasteiger charge is -2.19. The van der Waals surface area contributed by atoms with Crippen LogP contribution in [0.1, 0.15) is 11.1 Å². The third-order valence-corrected chi connectivity index (χ3v) is 4.06. The molecule has 2 aromatic carbocycles. The number of amides is 1.